The molecule has 1 amide bonds. The molecule has 1 aromatic carbocycles. The topological polar surface area (TPSA) is 66.4 Å². The highest BCUT2D eigenvalue weighted by atomic mass is 79.9. The Morgan fingerprint density at radius 3 is 2.50 bits per heavy atom. The summed E-state index contributed by atoms with van der Waals surface area (Å²) in [4.78, 5) is 22.6. The van der Waals surface area contributed by atoms with Gasteiger partial charge in [0.1, 0.15) is 5.82 Å². The lowest BCUT2D eigenvalue weighted by Gasteiger charge is -2.31. The molecule has 0 saturated heterocycles. The van der Waals surface area contributed by atoms with Gasteiger partial charge in [-0.25, -0.2) is 4.39 Å². The molecule has 6 heteroatoms. The maximum atomic E-state index is 13.0. The molecule has 1 aromatic rings. The Balaban J connectivity index is 2.03. The van der Waals surface area contributed by atoms with Gasteiger partial charge in [-0.15, -0.1) is 0 Å². The number of rotatable bonds is 3. The first-order chi connectivity index (χ1) is 8.49. The van der Waals surface area contributed by atoms with Gasteiger partial charge in [-0.1, -0.05) is 0 Å². The predicted molar refractivity (Wildman–Crippen MR) is 66.6 cm³/mol. The molecule has 4 nitrogen and oxygen atoms in total. The molecular formula is C12H11BrFNO3. The third kappa shape index (κ3) is 2.53. The van der Waals surface area contributed by atoms with Crippen LogP contribution in [0.3, 0.4) is 0 Å². The van der Waals surface area contributed by atoms with Crippen LogP contribution in [0.15, 0.2) is 22.7 Å². The zero-order chi connectivity index (χ0) is 13.3. The molecular weight excluding hydrogens is 305 g/mol. The van der Waals surface area contributed by atoms with Crippen molar-refractivity contribution in [3.63, 3.8) is 0 Å². The molecule has 1 fully saturated rings. The van der Waals surface area contributed by atoms with Gasteiger partial charge in [0.05, 0.1) is 16.3 Å². The Morgan fingerprint density at radius 2 is 2.00 bits per heavy atom. The molecule has 2 rings (SSSR count). The molecule has 1 saturated carbocycles. The molecule has 0 aliphatic heterocycles. The second kappa shape index (κ2) is 5.06. The number of hydrogen-bond donors (Lipinski definition) is 2. The fraction of sp³-hybridized carbons (Fsp3) is 0.333. The van der Waals surface area contributed by atoms with Crippen LogP contribution in [0.25, 0.3) is 0 Å². The van der Waals surface area contributed by atoms with Gasteiger partial charge in [0, 0.05) is 5.69 Å². The summed E-state index contributed by atoms with van der Waals surface area (Å²) in [5, 5.41) is 11.5. The van der Waals surface area contributed by atoms with E-state index >= 15 is 0 Å². The van der Waals surface area contributed by atoms with Crippen LogP contribution in [-0.2, 0) is 9.59 Å². The van der Waals surface area contributed by atoms with Crippen molar-refractivity contribution in [2.45, 2.75) is 12.8 Å². The zero-order valence-corrected chi connectivity index (χ0v) is 10.9. The third-order valence-corrected chi connectivity index (χ3v) is 3.72. The largest absolute Gasteiger partial charge is 0.481 e. The van der Waals surface area contributed by atoms with Gasteiger partial charge in [0.25, 0.3) is 0 Å². The highest BCUT2D eigenvalue weighted by Gasteiger charge is 2.41. The zero-order valence-electron chi connectivity index (χ0n) is 9.32. The van der Waals surface area contributed by atoms with E-state index in [4.69, 9.17) is 5.11 Å². The van der Waals surface area contributed by atoms with Crippen molar-refractivity contribution in [3.8, 4) is 0 Å². The fourth-order valence-electron chi connectivity index (χ4n) is 1.92. The Bertz CT molecular complexity index is 506. The van der Waals surface area contributed by atoms with E-state index in [0.29, 0.717) is 18.5 Å². The van der Waals surface area contributed by atoms with Crippen LogP contribution < -0.4 is 5.32 Å². The Kier molecular flexibility index (Phi) is 3.65. The molecule has 0 bridgehead atoms. The molecule has 0 aromatic heterocycles. The van der Waals surface area contributed by atoms with Gasteiger partial charge in [-0.3, -0.25) is 9.59 Å². The van der Waals surface area contributed by atoms with Crippen LogP contribution in [0.1, 0.15) is 12.8 Å². The average molecular weight is 316 g/mol. The molecule has 2 unspecified atom stereocenters. The molecule has 2 atom stereocenters. The number of benzene rings is 1. The number of anilines is 1. The van der Waals surface area contributed by atoms with Crippen LogP contribution >= 0.6 is 15.9 Å². The van der Waals surface area contributed by atoms with Crippen molar-refractivity contribution in [1.82, 2.24) is 0 Å². The van der Waals surface area contributed by atoms with Crippen molar-refractivity contribution in [2.24, 2.45) is 11.8 Å². The first kappa shape index (κ1) is 13.0. The number of carbonyl (C=O) groups excluding carboxylic acids is 1. The van der Waals surface area contributed by atoms with Crippen molar-refractivity contribution in [3.05, 3.63) is 28.5 Å². The number of amides is 1. The normalized spacial score (nSPS) is 22.1. The molecule has 1 aliphatic rings. The van der Waals surface area contributed by atoms with E-state index in [0.717, 1.165) is 0 Å². The first-order valence-corrected chi connectivity index (χ1v) is 6.27. The summed E-state index contributed by atoms with van der Waals surface area (Å²) in [6.45, 7) is 0. The summed E-state index contributed by atoms with van der Waals surface area (Å²) in [7, 11) is 0. The van der Waals surface area contributed by atoms with Crippen molar-refractivity contribution < 1.29 is 19.1 Å². The Hall–Kier alpha value is -1.43. The van der Waals surface area contributed by atoms with E-state index in [-0.39, 0.29) is 10.4 Å². The van der Waals surface area contributed by atoms with Crippen LogP contribution in [0.5, 0.6) is 0 Å². The van der Waals surface area contributed by atoms with E-state index in [2.05, 4.69) is 21.2 Å². The van der Waals surface area contributed by atoms with E-state index < -0.39 is 23.6 Å². The Morgan fingerprint density at radius 1 is 1.33 bits per heavy atom. The van der Waals surface area contributed by atoms with Gasteiger partial charge in [0.15, 0.2) is 0 Å². The number of carboxylic acid groups (broad SMARTS) is 1. The second-order valence-electron chi connectivity index (χ2n) is 4.25. The number of halogens is 2. The summed E-state index contributed by atoms with van der Waals surface area (Å²) in [5.41, 5.74) is 0.448. The van der Waals surface area contributed by atoms with Crippen molar-refractivity contribution in [1.29, 1.82) is 0 Å². The molecule has 96 valence electrons. The van der Waals surface area contributed by atoms with Crippen LogP contribution in [-0.4, -0.2) is 17.0 Å². The number of carboxylic acids is 1. The molecule has 0 spiro atoms. The lowest BCUT2D eigenvalue weighted by Crippen LogP contribution is -2.41. The van der Waals surface area contributed by atoms with Crippen molar-refractivity contribution in [2.75, 3.05) is 5.32 Å². The van der Waals surface area contributed by atoms with E-state index in [9.17, 15) is 14.0 Å². The predicted octanol–water partition coefficient (Wildman–Crippen LogP) is 2.64. The number of nitrogens with one attached hydrogen (secondary N) is 1. The van der Waals surface area contributed by atoms with E-state index in [1.54, 1.807) is 0 Å². The molecule has 2 N–H and O–H groups in total. The maximum absolute atomic E-state index is 13.0. The summed E-state index contributed by atoms with van der Waals surface area (Å²) >= 11 is 3.02. The van der Waals surface area contributed by atoms with Gasteiger partial charge in [-0.2, -0.15) is 0 Å². The quantitative estimate of drug-likeness (QED) is 0.901. The minimum Gasteiger partial charge on any atom is -0.481 e. The minimum atomic E-state index is -0.943. The number of aliphatic carboxylic acids is 1. The average Bonchev–Trinajstić information content (AvgIpc) is 2.20. The van der Waals surface area contributed by atoms with Crippen LogP contribution in [0.2, 0.25) is 0 Å². The monoisotopic (exact) mass is 315 g/mol. The second-order valence-corrected chi connectivity index (χ2v) is 5.10. The molecule has 0 heterocycles. The highest BCUT2D eigenvalue weighted by molar-refractivity contribution is 9.10. The van der Waals surface area contributed by atoms with Gasteiger partial charge >= 0.3 is 5.97 Å². The van der Waals surface area contributed by atoms with Crippen LogP contribution in [0, 0.1) is 17.7 Å². The SMILES string of the molecule is O=C(O)C1CCC1C(=O)Nc1ccc(F)c(Br)c1. The standard InChI is InChI=1S/C12H11BrFNO3/c13-9-5-6(1-4-10(9)14)15-11(16)7-2-3-8(7)12(17)18/h1,4-5,7-8H,2-3H2,(H,15,16)(H,17,18). The van der Waals surface area contributed by atoms with Crippen LogP contribution in [0.4, 0.5) is 10.1 Å². The number of carbonyl (C=O) groups is 2. The van der Waals surface area contributed by atoms with Gasteiger partial charge in [0.2, 0.25) is 5.91 Å². The minimum absolute atomic E-state index is 0.253. The van der Waals surface area contributed by atoms with Crippen molar-refractivity contribution >= 4 is 33.5 Å². The lowest BCUT2D eigenvalue weighted by atomic mass is 9.73. The van der Waals surface area contributed by atoms with E-state index in [1.165, 1.54) is 18.2 Å². The fourth-order valence-corrected chi connectivity index (χ4v) is 2.30. The molecule has 1 aliphatic carbocycles. The summed E-state index contributed by atoms with van der Waals surface area (Å²) < 4.78 is 13.3. The van der Waals surface area contributed by atoms with E-state index in [1.807, 2.05) is 0 Å². The molecule has 18 heavy (non-hydrogen) atoms. The number of hydrogen-bond acceptors (Lipinski definition) is 2. The van der Waals surface area contributed by atoms with Gasteiger partial charge < -0.3 is 10.4 Å². The third-order valence-electron chi connectivity index (χ3n) is 3.12. The van der Waals surface area contributed by atoms with Gasteiger partial charge in [-0.05, 0) is 47.0 Å². The Labute approximate surface area is 111 Å². The summed E-state index contributed by atoms with van der Waals surface area (Å²) in [6, 6.07) is 4.11. The highest BCUT2D eigenvalue weighted by Crippen LogP contribution is 2.35. The molecule has 0 radical (unpaired) electrons. The first-order valence-electron chi connectivity index (χ1n) is 5.48. The lowest BCUT2D eigenvalue weighted by molar-refractivity contribution is -0.151. The summed E-state index contributed by atoms with van der Waals surface area (Å²) in [6.07, 6.45) is 1.10. The smallest absolute Gasteiger partial charge is 0.307 e. The maximum Gasteiger partial charge on any atom is 0.307 e. The summed E-state index contributed by atoms with van der Waals surface area (Å²) in [5.74, 6) is -2.78.